The minimum Gasteiger partial charge on any atom is -0.0651 e. The van der Waals surface area contributed by atoms with Gasteiger partial charge in [-0.2, -0.15) is 0 Å². The molecule has 0 amide bonds. The van der Waals surface area contributed by atoms with Crippen LogP contribution in [0.25, 0.3) is 10.8 Å². The van der Waals surface area contributed by atoms with Gasteiger partial charge in [-0.05, 0) is 34.6 Å². The highest BCUT2D eigenvalue weighted by atomic mass is 14.2. The Balaban J connectivity index is 2.53. The smallest absolute Gasteiger partial charge is 0.0133 e. The Hall–Kier alpha value is -1.30. The molecule has 0 heteroatoms. The third kappa shape index (κ3) is 2.36. The van der Waals surface area contributed by atoms with E-state index in [0.29, 0.717) is 5.92 Å². The zero-order valence-electron chi connectivity index (χ0n) is 11.1. The van der Waals surface area contributed by atoms with Crippen molar-refractivity contribution in [1.82, 2.24) is 0 Å². The van der Waals surface area contributed by atoms with Crippen molar-refractivity contribution in [2.45, 2.75) is 39.5 Å². The predicted molar refractivity (Wildman–Crippen MR) is 76.4 cm³/mol. The van der Waals surface area contributed by atoms with Crippen molar-refractivity contribution in [2.75, 3.05) is 0 Å². The molecule has 0 aliphatic carbocycles. The van der Waals surface area contributed by atoms with E-state index in [1.54, 1.807) is 0 Å². The summed E-state index contributed by atoms with van der Waals surface area (Å²) in [4.78, 5) is 0. The zero-order chi connectivity index (χ0) is 12.3. The van der Waals surface area contributed by atoms with Gasteiger partial charge in [0.25, 0.3) is 0 Å². The van der Waals surface area contributed by atoms with Gasteiger partial charge in [-0.25, -0.2) is 0 Å². The van der Waals surface area contributed by atoms with Crippen LogP contribution < -0.4 is 0 Å². The van der Waals surface area contributed by atoms with E-state index < -0.39 is 0 Å². The molecule has 0 radical (unpaired) electrons. The van der Waals surface area contributed by atoms with Crippen LogP contribution >= 0.6 is 0 Å². The van der Waals surface area contributed by atoms with Crippen LogP contribution in [-0.4, -0.2) is 0 Å². The van der Waals surface area contributed by atoms with Gasteiger partial charge in [0.15, 0.2) is 0 Å². The Morgan fingerprint density at radius 1 is 0.882 bits per heavy atom. The monoisotopic (exact) mass is 226 g/mol. The molecule has 0 aromatic heterocycles. The molecule has 2 rings (SSSR count). The molecule has 0 aliphatic rings. The second kappa shape index (κ2) is 5.35. The van der Waals surface area contributed by atoms with Crippen molar-refractivity contribution in [1.29, 1.82) is 0 Å². The molecule has 0 spiro atoms. The molecule has 2 aromatic carbocycles. The highest BCUT2D eigenvalue weighted by Gasteiger charge is 2.17. The van der Waals surface area contributed by atoms with Crippen molar-refractivity contribution < 1.29 is 0 Å². The fraction of sp³-hybridized carbons (Fsp3) is 0.412. The van der Waals surface area contributed by atoms with E-state index in [9.17, 15) is 0 Å². The van der Waals surface area contributed by atoms with E-state index >= 15 is 0 Å². The average molecular weight is 226 g/mol. The summed E-state index contributed by atoms with van der Waals surface area (Å²) in [5, 5.41) is 2.80. The predicted octanol–water partition coefficient (Wildman–Crippen LogP) is 5.38. The Bertz CT molecular complexity index is 479. The van der Waals surface area contributed by atoms with E-state index in [1.807, 2.05) is 0 Å². The summed E-state index contributed by atoms with van der Waals surface area (Å²) in [5.74, 6) is 1.44. The third-order valence-corrected chi connectivity index (χ3v) is 3.99. The van der Waals surface area contributed by atoms with Gasteiger partial charge in [0.05, 0.1) is 0 Å². The number of benzene rings is 2. The maximum absolute atomic E-state index is 2.37. The van der Waals surface area contributed by atoms with Crippen LogP contribution in [0, 0.1) is 5.92 Å². The molecule has 2 atom stereocenters. The minimum atomic E-state index is 0.686. The highest BCUT2D eigenvalue weighted by Crippen LogP contribution is 2.34. The number of hydrogen-bond acceptors (Lipinski definition) is 0. The van der Waals surface area contributed by atoms with E-state index in [2.05, 4.69) is 63.2 Å². The van der Waals surface area contributed by atoms with Crippen LogP contribution in [0.1, 0.15) is 45.1 Å². The Morgan fingerprint density at radius 2 is 1.59 bits per heavy atom. The second-order valence-corrected chi connectivity index (χ2v) is 4.97. The summed E-state index contributed by atoms with van der Waals surface area (Å²) in [7, 11) is 0. The summed E-state index contributed by atoms with van der Waals surface area (Å²) in [6.07, 6.45) is 2.48. The lowest BCUT2D eigenvalue weighted by molar-refractivity contribution is 0.437. The van der Waals surface area contributed by atoms with Gasteiger partial charge < -0.3 is 0 Å². The van der Waals surface area contributed by atoms with Crippen LogP contribution in [0.5, 0.6) is 0 Å². The molecular formula is C17H22. The molecule has 0 saturated heterocycles. The molecule has 0 nitrogen and oxygen atoms in total. The SMILES string of the molecule is CCC(C)C(CC)c1cccc2ccccc12. The van der Waals surface area contributed by atoms with Crippen LogP contribution in [0.2, 0.25) is 0 Å². The largest absolute Gasteiger partial charge is 0.0651 e. The lowest BCUT2D eigenvalue weighted by Gasteiger charge is -2.23. The van der Waals surface area contributed by atoms with Crippen molar-refractivity contribution in [3.05, 3.63) is 48.0 Å². The molecule has 2 aromatic rings. The van der Waals surface area contributed by atoms with Gasteiger partial charge in [-0.3, -0.25) is 0 Å². The molecule has 0 fully saturated rings. The van der Waals surface area contributed by atoms with Crippen LogP contribution in [0.4, 0.5) is 0 Å². The number of hydrogen-bond donors (Lipinski definition) is 0. The summed E-state index contributed by atoms with van der Waals surface area (Å²) in [6.45, 7) is 6.97. The first-order valence-electron chi connectivity index (χ1n) is 6.75. The molecule has 17 heavy (non-hydrogen) atoms. The van der Waals surface area contributed by atoms with Crippen molar-refractivity contribution in [3.63, 3.8) is 0 Å². The minimum absolute atomic E-state index is 0.686. The van der Waals surface area contributed by atoms with Crippen LogP contribution in [0.15, 0.2) is 42.5 Å². The first-order chi connectivity index (χ1) is 8.27. The molecule has 0 N–H and O–H groups in total. The quantitative estimate of drug-likeness (QED) is 0.656. The second-order valence-electron chi connectivity index (χ2n) is 4.97. The fourth-order valence-electron chi connectivity index (χ4n) is 2.79. The standard InChI is InChI=1S/C17H22/c1-4-13(3)15(5-2)17-12-8-10-14-9-6-7-11-16(14)17/h6-13,15H,4-5H2,1-3H3. The van der Waals surface area contributed by atoms with E-state index in [4.69, 9.17) is 0 Å². The molecule has 0 aliphatic heterocycles. The Morgan fingerprint density at radius 3 is 2.29 bits per heavy atom. The lowest BCUT2D eigenvalue weighted by Crippen LogP contribution is -2.08. The topological polar surface area (TPSA) is 0 Å². The molecule has 0 heterocycles. The normalized spacial score (nSPS) is 14.8. The zero-order valence-corrected chi connectivity index (χ0v) is 11.1. The average Bonchev–Trinajstić information content (AvgIpc) is 2.39. The molecule has 2 unspecified atom stereocenters. The summed E-state index contributed by atoms with van der Waals surface area (Å²) in [5.41, 5.74) is 1.53. The highest BCUT2D eigenvalue weighted by molar-refractivity contribution is 5.86. The van der Waals surface area contributed by atoms with Gasteiger partial charge >= 0.3 is 0 Å². The van der Waals surface area contributed by atoms with Crippen molar-refractivity contribution in [3.8, 4) is 0 Å². The summed E-state index contributed by atoms with van der Waals surface area (Å²) >= 11 is 0. The van der Waals surface area contributed by atoms with Crippen molar-refractivity contribution in [2.24, 2.45) is 5.92 Å². The summed E-state index contributed by atoms with van der Waals surface area (Å²) < 4.78 is 0. The van der Waals surface area contributed by atoms with Gasteiger partial charge in [0.2, 0.25) is 0 Å². The first-order valence-corrected chi connectivity index (χ1v) is 6.75. The van der Waals surface area contributed by atoms with Gasteiger partial charge in [-0.1, -0.05) is 69.7 Å². The number of rotatable bonds is 4. The fourth-order valence-corrected chi connectivity index (χ4v) is 2.79. The molecule has 90 valence electrons. The van der Waals surface area contributed by atoms with Gasteiger partial charge in [0, 0.05) is 0 Å². The van der Waals surface area contributed by atoms with E-state index in [1.165, 1.54) is 29.2 Å². The number of fused-ring (bicyclic) bond motifs is 1. The van der Waals surface area contributed by atoms with Crippen LogP contribution in [-0.2, 0) is 0 Å². The molecule has 0 bridgehead atoms. The van der Waals surface area contributed by atoms with Gasteiger partial charge in [-0.15, -0.1) is 0 Å². The van der Waals surface area contributed by atoms with E-state index in [0.717, 1.165) is 5.92 Å². The lowest BCUT2D eigenvalue weighted by atomic mass is 9.81. The van der Waals surface area contributed by atoms with E-state index in [-0.39, 0.29) is 0 Å². The molecular weight excluding hydrogens is 204 g/mol. The Labute approximate surface area is 105 Å². The maximum Gasteiger partial charge on any atom is -0.0133 e. The van der Waals surface area contributed by atoms with Crippen LogP contribution in [0.3, 0.4) is 0 Å². The molecule has 0 saturated carbocycles. The maximum atomic E-state index is 2.37. The third-order valence-electron chi connectivity index (χ3n) is 3.99. The van der Waals surface area contributed by atoms with Gasteiger partial charge in [0.1, 0.15) is 0 Å². The first kappa shape index (κ1) is 12.2. The summed E-state index contributed by atoms with van der Waals surface area (Å²) in [6, 6.07) is 15.5. The Kier molecular flexibility index (Phi) is 3.83. The van der Waals surface area contributed by atoms with Crippen molar-refractivity contribution >= 4 is 10.8 Å².